The van der Waals surface area contributed by atoms with Crippen LogP contribution in [0.3, 0.4) is 0 Å². The number of nitrogens with zero attached hydrogens (tertiary/aromatic N) is 2. The molecule has 0 aliphatic carbocycles. The molecule has 1 aromatic heterocycles. The van der Waals surface area contributed by atoms with Crippen LogP contribution in [0, 0.1) is 5.82 Å². The molecule has 0 saturated heterocycles. The third-order valence-electron chi connectivity index (χ3n) is 3.64. The maximum atomic E-state index is 12.9. The number of carbonyl (C=O) groups excluding carboxylic acids is 1. The van der Waals surface area contributed by atoms with Gasteiger partial charge in [-0.25, -0.2) is 4.39 Å². The SMILES string of the molecule is COc1ccc2c(c1)sc(=NC(=O)CCSc1ccc(F)cc1)n2C. The van der Waals surface area contributed by atoms with Crippen molar-refractivity contribution in [3.05, 3.63) is 53.1 Å². The molecule has 0 radical (unpaired) electrons. The van der Waals surface area contributed by atoms with Gasteiger partial charge in [0.25, 0.3) is 0 Å². The fraction of sp³-hybridized carbons (Fsp3) is 0.222. The van der Waals surface area contributed by atoms with Gasteiger partial charge >= 0.3 is 0 Å². The van der Waals surface area contributed by atoms with Crippen LogP contribution in [0.2, 0.25) is 0 Å². The molecule has 0 fully saturated rings. The Balaban J connectivity index is 1.69. The van der Waals surface area contributed by atoms with Crippen LogP contribution in [0.25, 0.3) is 10.2 Å². The van der Waals surface area contributed by atoms with Gasteiger partial charge < -0.3 is 9.30 Å². The number of benzene rings is 2. The van der Waals surface area contributed by atoms with Crippen LogP contribution in [0.4, 0.5) is 4.39 Å². The number of rotatable bonds is 5. The summed E-state index contributed by atoms with van der Waals surface area (Å²) >= 11 is 2.97. The molecule has 3 rings (SSSR count). The summed E-state index contributed by atoms with van der Waals surface area (Å²) in [5.74, 6) is 0.965. The van der Waals surface area contributed by atoms with Crippen molar-refractivity contribution in [1.29, 1.82) is 0 Å². The molecule has 7 heteroatoms. The minimum absolute atomic E-state index is 0.163. The Morgan fingerprint density at radius 1 is 1.28 bits per heavy atom. The zero-order valence-electron chi connectivity index (χ0n) is 13.9. The van der Waals surface area contributed by atoms with Crippen molar-refractivity contribution in [2.45, 2.75) is 11.3 Å². The first-order chi connectivity index (χ1) is 12.1. The highest BCUT2D eigenvalue weighted by Gasteiger charge is 2.07. The molecule has 3 aromatic rings. The Kier molecular flexibility index (Phi) is 5.55. The average molecular weight is 376 g/mol. The van der Waals surface area contributed by atoms with Gasteiger partial charge in [-0.2, -0.15) is 4.99 Å². The van der Waals surface area contributed by atoms with Gasteiger partial charge in [-0.15, -0.1) is 11.8 Å². The number of amides is 1. The number of hydrogen-bond acceptors (Lipinski definition) is 4. The summed E-state index contributed by atoms with van der Waals surface area (Å²) in [7, 11) is 3.52. The molecule has 0 unspecified atom stereocenters. The van der Waals surface area contributed by atoms with Gasteiger partial charge in [0.05, 0.1) is 17.3 Å². The lowest BCUT2D eigenvalue weighted by Crippen LogP contribution is -2.13. The summed E-state index contributed by atoms with van der Waals surface area (Å²) in [6, 6.07) is 12.0. The predicted molar refractivity (Wildman–Crippen MR) is 99.7 cm³/mol. The van der Waals surface area contributed by atoms with E-state index in [4.69, 9.17) is 4.74 Å². The van der Waals surface area contributed by atoms with E-state index in [1.165, 1.54) is 35.2 Å². The summed E-state index contributed by atoms with van der Waals surface area (Å²) in [5.41, 5.74) is 1.01. The highest BCUT2D eigenvalue weighted by Crippen LogP contribution is 2.22. The zero-order chi connectivity index (χ0) is 17.8. The third kappa shape index (κ3) is 4.29. The summed E-state index contributed by atoms with van der Waals surface area (Å²) in [4.78, 5) is 18.0. The highest BCUT2D eigenvalue weighted by molar-refractivity contribution is 7.99. The van der Waals surface area contributed by atoms with E-state index in [1.54, 1.807) is 19.2 Å². The van der Waals surface area contributed by atoms with Crippen LogP contribution in [-0.2, 0) is 11.8 Å². The van der Waals surface area contributed by atoms with E-state index in [9.17, 15) is 9.18 Å². The molecule has 0 saturated carbocycles. The van der Waals surface area contributed by atoms with E-state index in [2.05, 4.69) is 4.99 Å². The number of thiazole rings is 1. The Hall–Kier alpha value is -2.12. The molecule has 1 amide bonds. The van der Waals surface area contributed by atoms with Gasteiger partial charge in [0.2, 0.25) is 5.91 Å². The number of ether oxygens (including phenoxy) is 1. The van der Waals surface area contributed by atoms with Crippen molar-refractivity contribution in [2.24, 2.45) is 12.0 Å². The monoisotopic (exact) mass is 376 g/mol. The van der Waals surface area contributed by atoms with E-state index in [-0.39, 0.29) is 11.7 Å². The predicted octanol–water partition coefficient (Wildman–Crippen LogP) is 4.00. The molecule has 130 valence electrons. The molecule has 0 N–H and O–H groups in total. The Morgan fingerprint density at radius 2 is 2.04 bits per heavy atom. The lowest BCUT2D eigenvalue weighted by atomic mass is 10.3. The lowest BCUT2D eigenvalue weighted by molar-refractivity contribution is -0.117. The van der Waals surface area contributed by atoms with Gasteiger partial charge in [-0.3, -0.25) is 4.79 Å². The van der Waals surface area contributed by atoms with Crippen LogP contribution in [0.1, 0.15) is 6.42 Å². The van der Waals surface area contributed by atoms with E-state index in [0.717, 1.165) is 20.9 Å². The molecule has 0 atom stereocenters. The van der Waals surface area contributed by atoms with Crippen LogP contribution in [-0.4, -0.2) is 23.3 Å². The maximum Gasteiger partial charge on any atom is 0.249 e. The molecule has 1 heterocycles. The summed E-state index contributed by atoms with van der Waals surface area (Å²) in [6.45, 7) is 0. The van der Waals surface area contributed by atoms with E-state index < -0.39 is 0 Å². The van der Waals surface area contributed by atoms with E-state index >= 15 is 0 Å². The summed E-state index contributed by atoms with van der Waals surface area (Å²) < 4.78 is 21.0. The smallest absolute Gasteiger partial charge is 0.249 e. The number of fused-ring (bicyclic) bond motifs is 1. The molecule has 2 aromatic carbocycles. The van der Waals surface area contributed by atoms with Crippen molar-refractivity contribution in [3.8, 4) is 5.75 Å². The van der Waals surface area contributed by atoms with Crippen molar-refractivity contribution in [1.82, 2.24) is 4.57 Å². The van der Waals surface area contributed by atoms with Gasteiger partial charge in [-0.05, 0) is 42.5 Å². The fourth-order valence-corrected chi connectivity index (χ4v) is 4.20. The number of aryl methyl sites for hydroxylation is 1. The van der Waals surface area contributed by atoms with Crippen molar-refractivity contribution in [2.75, 3.05) is 12.9 Å². The van der Waals surface area contributed by atoms with E-state index in [1.807, 2.05) is 29.8 Å². The number of aromatic nitrogens is 1. The van der Waals surface area contributed by atoms with Crippen LogP contribution in [0.5, 0.6) is 5.75 Å². The largest absolute Gasteiger partial charge is 0.497 e. The minimum atomic E-state index is -0.260. The van der Waals surface area contributed by atoms with Crippen molar-refractivity contribution >= 4 is 39.2 Å². The fourth-order valence-electron chi connectivity index (χ4n) is 2.30. The Morgan fingerprint density at radius 3 is 2.76 bits per heavy atom. The normalized spacial score (nSPS) is 11.9. The summed E-state index contributed by atoms with van der Waals surface area (Å²) in [5, 5.41) is 0. The van der Waals surface area contributed by atoms with Crippen LogP contribution in [0.15, 0.2) is 52.4 Å². The number of carbonyl (C=O) groups is 1. The molecular weight excluding hydrogens is 359 g/mol. The Labute approximate surface area is 153 Å². The number of halogens is 1. The van der Waals surface area contributed by atoms with Gasteiger partial charge in [-0.1, -0.05) is 11.3 Å². The van der Waals surface area contributed by atoms with Gasteiger partial charge in [0.1, 0.15) is 11.6 Å². The molecule has 0 bridgehead atoms. The minimum Gasteiger partial charge on any atom is -0.497 e. The van der Waals surface area contributed by atoms with Gasteiger partial charge in [0, 0.05) is 24.1 Å². The molecule has 0 spiro atoms. The average Bonchev–Trinajstić information content (AvgIpc) is 2.91. The standard InChI is InChI=1S/C18H17FN2O2S2/c1-21-15-8-5-13(23-2)11-16(15)25-18(21)20-17(22)9-10-24-14-6-3-12(19)4-7-14/h3-8,11H,9-10H2,1-2H3. The molecule has 0 aliphatic heterocycles. The first-order valence-electron chi connectivity index (χ1n) is 7.66. The first kappa shape index (κ1) is 17.7. The lowest BCUT2D eigenvalue weighted by Gasteiger charge is -2.00. The van der Waals surface area contributed by atoms with Crippen molar-refractivity contribution < 1.29 is 13.9 Å². The zero-order valence-corrected chi connectivity index (χ0v) is 15.5. The first-order valence-corrected chi connectivity index (χ1v) is 9.46. The number of methoxy groups -OCH3 is 1. The quantitative estimate of drug-likeness (QED) is 0.632. The topological polar surface area (TPSA) is 43.6 Å². The second-order valence-corrected chi connectivity index (χ2v) is 7.51. The second kappa shape index (κ2) is 7.84. The third-order valence-corrected chi connectivity index (χ3v) is 5.74. The number of hydrogen-bond donors (Lipinski definition) is 0. The maximum absolute atomic E-state index is 12.9. The van der Waals surface area contributed by atoms with Crippen molar-refractivity contribution in [3.63, 3.8) is 0 Å². The molecular formula is C18H17FN2O2S2. The van der Waals surface area contributed by atoms with Crippen LogP contribution >= 0.6 is 23.1 Å². The molecule has 25 heavy (non-hydrogen) atoms. The molecule has 0 aliphatic rings. The summed E-state index contributed by atoms with van der Waals surface area (Å²) in [6.07, 6.45) is 0.333. The molecule has 4 nitrogen and oxygen atoms in total. The van der Waals surface area contributed by atoms with Crippen LogP contribution < -0.4 is 9.54 Å². The Bertz CT molecular complexity index is 961. The number of thioether (sulfide) groups is 1. The van der Waals surface area contributed by atoms with E-state index in [0.29, 0.717) is 17.0 Å². The highest BCUT2D eigenvalue weighted by atomic mass is 32.2. The second-order valence-electron chi connectivity index (χ2n) is 5.34. The van der Waals surface area contributed by atoms with Gasteiger partial charge in [0.15, 0.2) is 4.80 Å².